The van der Waals surface area contributed by atoms with Crippen LogP contribution in [0.3, 0.4) is 0 Å². The summed E-state index contributed by atoms with van der Waals surface area (Å²) >= 11 is 0. The van der Waals surface area contributed by atoms with Crippen LogP contribution in [0.2, 0.25) is 0 Å². The summed E-state index contributed by atoms with van der Waals surface area (Å²) in [5.74, 6) is 0.901. The van der Waals surface area contributed by atoms with Gasteiger partial charge < -0.3 is 15.2 Å². The largest absolute Gasteiger partial charge is 0.490 e. The molecule has 114 valence electrons. The van der Waals surface area contributed by atoms with Crippen molar-refractivity contribution in [3.05, 3.63) is 28.8 Å². The van der Waals surface area contributed by atoms with Gasteiger partial charge in [0.1, 0.15) is 12.4 Å². The van der Waals surface area contributed by atoms with Gasteiger partial charge in [-0.1, -0.05) is 26.0 Å². The Hall–Kier alpha value is -1.06. The fraction of sp³-hybridized carbons (Fsp3) is 0.647. The number of nitrogens with one attached hydrogen (secondary N) is 1. The molecule has 0 aromatic heterocycles. The van der Waals surface area contributed by atoms with E-state index < -0.39 is 5.60 Å². The first-order valence-corrected chi connectivity index (χ1v) is 7.55. The minimum Gasteiger partial charge on any atom is -0.490 e. The minimum absolute atomic E-state index is 0.332. The molecule has 0 aliphatic heterocycles. The van der Waals surface area contributed by atoms with Gasteiger partial charge in [0, 0.05) is 6.54 Å². The van der Waals surface area contributed by atoms with Gasteiger partial charge in [-0.2, -0.15) is 0 Å². The highest BCUT2D eigenvalue weighted by Crippen LogP contribution is 2.26. The van der Waals surface area contributed by atoms with E-state index in [1.807, 2.05) is 6.92 Å². The highest BCUT2D eigenvalue weighted by atomic mass is 16.5. The van der Waals surface area contributed by atoms with Crippen LogP contribution in [0.4, 0.5) is 0 Å². The van der Waals surface area contributed by atoms with Crippen LogP contribution in [0.15, 0.2) is 12.1 Å². The third kappa shape index (κ3) is 5.14. The maximum absolute atomic E-state index is 10.0. The molecular formula is C17H29NO2. The van der Waals surface area contributed by atoms with Gasteiger partial charge in [0.25, 0.3) is 0 Å². The molecular weight excluding hydrogens is 250 g/mol. The Kier molecular flexibility index (Phi) is 6.50. The zero-order chi connectivity index (χ0) is 15.2. The van der Waals surface area contributed by atoms with Crippen molar-refractivity contribution in [2.24, 2.45) is 0 Å². The van der Waals surface area contributed by atoms with Gasteiger partial charge >= 0.3 is 0 Å². The molecule has 0 aliphatic rings. The zero-order valence-electron chi connectivity index (χ0n) is 13.5. The van der Waals surface area contributed by atoms with Crippen LogP contribution in [0.5, 0.6) is 5.75 Å². The van der Waals surface area contributed by atoms with Crippen molar-refractivity contribution in [2.75, 3.05) is 13.2 Å². The Morgan fingerprint density at radius 2 is 1.80 bits per heavy atom. The first kappa shape index (κ1) is 17.0. The van der Waals surface area contributed by atoms with Gasteiger partial charge in [-0.25, -0.2) is 0 Å². The van der Waals surface area contributed by atoms with E-state index in [9.17, 15) is 5.11 Å². The smallest absolute Gasteiger partial charge is 0.125 e. The summed E-state index contributed by atoms with van der Waals surface area (Å²) in [4.78, 5) is 0. The van der Waals surface area contributed by atoms with Gasteiger partial charge in [0.15, 0.2) is 0 Å². The van der Waals surface area contributed by atoms with Crippen LogP contribution in [-0.4, -0.2) is 23.9 Å². The molecule has 0 amide bonds. The number of hydrogen-bond acceptors (Lipinski definition) is 3. The summed E-state index contributed by atoms with van der Waals surface area (Å²) < 4.78 is 5.83. The molecule has 0 heterocycles. The fourth-order valence-corrected chi connectivity index (χ4v) is 2.11. The Bertz CT molecular complexity index is 404. The maximum atomic E-state index is 10.0. The quantitative estimate of drug-likeness (QED) is 0.717. The Morgan fingerprint density at radius 1 is 1.20 bits per heavy atom. The van der Waals surface area contributed by atoms with E-state index in [0.29, 0.717) is 13.0 Å². The van der Waals surface area contributed by atoms with Crippen molar-refractivity contribution in [1.29, 1.82) is 0 Å². The van der Waals surface area contributed by atoms with Crippen molar-refractivity contribution in [3.8, 4) is 5.75 Å². The van der Waals surface area contributed by atoms with E-state index >= 15 is 0 Å². The molecule has 1 aromatic rings. The van der Waals surface area contributed by atoms with Gasteiger partial charge in [0.05, 0.1) is 5.60 Å². The van der Waals surface area contributed by atoms with Gasteiger partial charge in [-0.15, -0.1) is 0 Å². The molecule has 0 saturated heterocycles. The molecule has 3 heteroatoms. The topological polar surface area (TPSA) is 41.5 Å². The molecule has 0 bridgehead atoms. The minimum atomic E-state index is -0.764. The van der Waals surface area contributed by atoms with Crippen molar-refractivity contribution in [1.82, 2.24) is 5.32 Å². The lowest BCUT2D eigenvalue weighted by Gasteiger charge is -2.23. The molecule has 1 aromatic carbocycles. The van der Waals surface area contributed by atoms with Crippen molar-refractivity contribution in [3.63, 3.8) is 0 Å². The first-order chi connectivity index (χ1) is 9.39. The van der Waals surface area contributed by atoms with E-state index in [1.54, 1.807) is 6.92 Å². The van der Waals surface area contributed by atoms with Crippen molar-refractivity contribution >= 4 is 0 Å². The highest BCUT2D eigenvalue weighted by Gasteiger charge is 2.19. The SMILES string of the molecule is CCCNCc1cc(C)c(OCC(C)(O)CC)c(C)c1. The summed E-state index contributed by atoms with van der Waals surface area (Å²) in [6.45, 7) is 12.3. The summed E-state index contributed by atoms with van der Waals surface area (Å²) in [7, 11) is 0. The number of hydrogen-bond donors (Lipinski definition) is 2. The normalized spacial score (nSPS) is 14.1. The number of aliphatic hydroxyl groups is 1. The molecule has 0 saturated carbocycles. The second kappa shape index (κ2) is 7.65. The Morgan fingerprint density at radius 3 is 2.30 bits per heavy atom. The molecule has 3 nitrogen and oxygen atoms in total. The lowest BCUT2D eigenvalue weighted by molar-refractivity contribution is 0.00807. The molecule has 2 N–H and O–H groups in total. The fourth-order valence-electron chi connectivity index (χ4n) is 2.11. The maximum Gasteiger partial charge on any atom is 0.125 e. The second-order valence-electron chi connectivity index (χ2n) is 5.87. The molecule has 1 rings (SSSR count). The van der Waals surface area contributed by atoms with Crippen LogP contribution >= 0.6 is 0 Å². The first-order valence-electron chi connectivity index (χ1n) is 7.55. The van der Waals surface area contributed by atoms with E-state index in [2.05, 4.69) is 38.2 Å². The summed E-state index contributed by atoms with van der Waals surface area (Å²) in [6, 6.07) is 4.32. The monoisotopic (exact) mass is 279 g/mol. The van der Waals surface area contributed by atoms with Crippen LogP contribution in [0.1, 0.15) is 50.3 Å². The van der Waals surface area contributed by atoms with Crippen LogP contribution in [0.25, 0.3) is 0 Å². The van der Waals surface area contributed by atoms with E-state index in [0.717, 1.165) is 36.4 Å². The molecule has 0 aliphatic carbocycles. The summed E-state index contributed by atoms with van der Waals surface area (Å²) in [5.41, 5.74) is 2.78. The number of benzene rings is 1. The van der Waals surface area contributed by atoms with Gasteiger partial charge in [-0.3, -0.25) is 0 Å². The predicted octanol–water partition coefficient (Wildman–Crippen LogP) is 3.34. The second-order valence-corrected chi connectivity index (χ2v) is 5.87. The molecule has 1 unspecified atom stereocenters. The molecule has 0 spiro atoms. The molecule has 0 radical (unpaired) electrons. The van der Waals surface area contributed by atoms with Gasteiger partial charge in [-0.05, 0) is 56.8 Å². The molecule has 20 heavy (non-hydrogen) atoms. The lowest BCUT2D eigenvalue weighted by Crippen LogP contribution is -2.31. The Balaban J connectivity index is 2.73. The van der Waals surface area contributed by atoms with Crippen LogP contribution in [0, 0.1) is 13.8 Å². The third-order valence-electron chi connectivity index (χ3n) is 3.57. The van der Waals surface area contributed by atoms with E-state index in [1.165, 1.54) is 5.56 Å². The predicted molar refractivity (Wildman–Crippen MR) is 84.3 cm³/mol. The Labute approximate surface area is 123 Å². The summed E-state index contributed by atoms with van der Waals surface area (Å²) in [6.07, 6.45) is 1.83. The van der Waals surface area contributed by atoms with Crippen LogP contribution < -0.4 is 10.1 Å². The van der Waals surface area contributed by atoms with Crippen molar-refractivity contribution in [2.45, 2.75) is 59.6 Å². The average molecular weight is 279 g/mol. The van der Waals surface area contributed by atoms with E-state index in [-0.39, 0.29) is 0 Å². The number of rotatable bonds is 8. The number of aryl methyl sites for hydroxylation is 2. The van der Waals surface area contributed by atoms with Crippen LogP contribution in [-0.2, 0) is 6.54 Å². The summed E-state index contributed by atoms with van der Waals surface area (Å²) in [5, 5.41) is 13.4. The lowest BCUT2D eigenvalue weighted by atomic mass is 10.0. The van der Waals surface area contributed by atoms with Crippen molar-refractivity contribution < 1.29 is 9.84 Å². The average Bonchev–Trinajstić information content (AvgIpc) is 2.38. The van der Waals surface area contributed by atoms with E-state index in [4.69, 9.17) is 4.74 Å². The third-order valence-corrected chi connectivity index (χ3v) is 3.57. The molecule has 1 atom stereocenters. The van der Waals surface area contributed by atoms with Gasteiger partial charge in [0.2, 0.25) is 0 Å². The number of ether oxygens (including phenoxy) is 1. The standard InChI is InChI=1S/C17H29NO2/c1-6-8-18-11-15-9-13(3)16(14(4)10-15)20-12-17(5,19)7-2/h9-10,18-19H,6-8,11-12H2,1-5H3. The highest BCUT2D eigenvalue weighted by molar-refractivity contribution is 5.43. The zero-order valence-corrected chi connectivity index (χ0v) is 13.5. The molecule has 0 fully saturated rings.